The Morgan fingerprint density at radius 2 is 1.86 bits per heavy atom. The molecule has 4 heteroatoms. The third-order valence-electron chi connectivity index (χ3n) is 5.06. The van der Waals surface area contributed by atoms with Gasteiger partial charge in [-0.3, -0.25) is 0 Å². The van der Waals surface area contributed by atoms with Crippen LogP contribution in [0.2, 0.25) is 0 Å². The Hall–Kier alpha value is -1.91. The Morgan fingerprint density at radius 3 is 2.52 bits per heavy atom. The maximum absolute atomic E-state index is 5.64. The van der Waals surface area contributed by atoms with Crippen molar-refractivity contribution in [1.29, 1.82) is 0 Å². The monoisotopic (exact) mass is 414 g/mol. The molecule has 0 unspecified atom stereocenters. The zero-order valence-electron chi connectivity index (χ0n) is 18.4. The van der Waals surface area contributed by atoms with Gasteiger partial charge in [0, 0.05) is 18.8 Å². The molecule has 0 bridgehead atoms. The van der Waals surface area contributed by atoms with Gasteiger partial charge in [0.2, 0.25) is 0 Å². The van der Waals surface area contributed by atoms with Gasteiger partial charge in [-0.1, -0.05) is 68.7 Å². The van der Waals surface area contributed by atoms with Gasteiger partial charge in [0.25, 0.3) is 5.17 Å². The lowest BCUT2D eigenvalue weighted by molar-refractivity contribution is 0.165. The molecule has 0 amide bonds. The van der Waals surface area contributed by atoms with Gasteiger partial charge in [-0.05, 0) is 70.1 Å². The number of thiocarbonyl (C=S) groups is 1. The molecule has 0 saturated heterocycles. The van der Waals surface area contributed by atoms with Crippen LogP contribution < -0.4 is 5.32 Å². The summed E-state index contributed by atoms with van der Waals surface area (Å²) in [7, 11) is 0. The van der Waals surface area contributed by atoms with E-state index < -0.39 is 0 Å². The van der Waals surface area contributed by atoms with Crippen LogP contribution in [0, 0.1) is 0 Å². The second-order valence-corrected chi connectivity index (χ2v) is 7.63. The molecular formula is C25H38N2OS. The predicted molar refractivity (Wildman–Crippen MR) is 131 cm³/mol. The van der Waals surface area contributed by atoms with Crippen LogP contribution in [0.15, 0.2) is 72.7 Å². The van der Waals surface area contributed by atoms with Gasteiger partial charge in [-0.25, -0.2) is 0 Å². The molecule has 0 aliphatic heterocycles. The quantitative estimate of drug-likeness (QED) is 0.234. The van der Waals surface area contributed by atoms with E-state index in [1.165, 1.54) is 37.7 Å². The van der Waals surface area contributed by atoms with Crippen molar-refractivity contribution >= 4 is 17.4 Å². The Labute approximate surface area is 183 Å². The maximum atomic E-state index is 5.64. The summed E-state index contributed by atoms with van der Waals surface area (Å²) >= 11 is 5.21. The van der Waals surface area contributed by atoms with E-state index in [0.717, 1.165) is 25.6 Å². The topological polar surface area (TPSA) is 24.5 Å². The molecule has 1 aliphatic rings. The minimum Gasteiger partial charge on any atom is -0.432 e. The van der Waals surface area contributed by atoms with Crippen LogP contribution >= 0.6 is 12.2 Å². The molecule has 0 aromatic carbocycles. The van der Waals surface area contributed by atoms with Crippen molar-refractivity contribution in [3.63, 3.8) is 0 Å². The zero-order valence-corrected chi connectivity index (χ0v) is 19.2. The predicted octanol–water partition coefficient (Wildman–Crippen LogP) is 6.58. The molecule has 1 N–H and O–H groups in total. The smallest absolute Gasteiger partial charge is 0.266 e. The molecular weight excluding hydrogens is 376 g/mol. The van der Waals surface area contributed by atoms with Crippen molar-refractivity contribution < 1.29 is 4.74 Å². The summed E-state index contributed by atoms with van der Waals surface area (Å²) in [5.74, 6) is 0.638. The fourth-order valence-electron chi connectivity index (χ4n) is 3.36. The highest BCUT2D eigenvalue weighted by atomic mass is 32.1. The van der Waals surface area contributed by atoms with Gasteiger partial charge in [0.1, 0.15) is 5.76 Å². The normalized spacial score (nSPS) is 17.0. The number of nitrogens with zero attached hydrogens (tertiary/aromatic N) is 1. The van der Waals surface area contributed by atoms with Crippen LogP contribution in [-0.4, -0.2) is 29.2 Å². The molecule has 0 atom stereocenters. The summed E-state index contributed by atoms with van der Waals surface area (Å²) in [4.78, 5) is 2.64. The van der Waals surface area contributed by atoms with Crippen molar-refractivity contribution in [2.24, 2.45) is 0 Å². The summed E-state index contributed by atoms with van der Waals surface area (Å²) in [6, 6.07) is 0.772. The van der Waals surface area contributed by atoms with E-state index in [1.807, 2.05) is 43.4 Å². The fraction of sp³-hybridized carbons (Fsp3) is 0.480. The van der Waals surface area contributed by atoms with Gasteiger partial charge in [-0.2, -0.15) is 0 Å². The molecule has 0 aromatic heterocycles. The lowest BCUT2D eigenvalue weighted by Crippen LogP contribution is -2.37. The SMILES string of the molecule is C=C/C(=C\C=C(/C)CCN(CC)C1CCCCC1)OC(=S)N/C=C/C=C\C=C/C. The van der Waals surface area contributed by atoms with Crippen LogP contribution in [0.3, 0.4) is 0 Å². The van der Waals surface area contributed by atoms with Crippen molar-refractivity contribution in [3.8, 4) is 0 Å². The summed E-state index contributed by atoms with van der Waals surface area (Å²) in [6.07, 6.45) is 25.1. The molecule has 1 rings (SSSR count). The van der Waals surface area contributed by atoms with Crippen molar-refractivity contribution in [2.75, 3.05) is 13.1 Å². The highest BCUT2D eigenvalue weighted by molar-refractivity contribution is 7.80. The Bertz CT molecular complexity index is 637. The first-order valence-electron chi connectivity index (χ1n) is 10.8. The largest absolute Gasteiger partial charge is 0.432 e. The van der Waals surface area contributed by atoms with E-state index in [1.54, 1.807) is 12.3 Å². The second-order valence-electron chi connectivity index (χ2n) is 7.26. The van der Waals surface area contributed by atoms with E-state index in [2.05, 4.69) is 36.7 Å². The van der Waals surface area contributed by atoms with Gasteiger partial charge < -0.3 is 15.0 Å². The first-order valence-corrected chi connectivity index (χ1v) is 11.2. The molecule has 29 heavy (non-hydrogen) atoms. The molecule has 0 spiro atoms. The lowest BCUT2D eigenvalue weighted by Gasteiger charge is -2.33. The molecule has 3 nitrogen and oxygen atoms in total. The number of rotatable bonds is 11. The number of allylic oxidation sites excluding steroid dienone is 8. The van der Waals surface area contributed by atoms with E-state index in [-0.39, 0.29) is 0 Å². The standard InChI is InChI=1S/C25H38N2OS/c1-5-8-9-10-14-20-26-25(29)28-24(6-2)18-17-22(4)19-21-27(7-3)23-15-12-11-13-16-23/h5-6,8-10,14,17-18,20,23H,2,7,11-13,15-16,19,21H2,1,3-4H3,(H,26,29)/b8-5-,10-9-,20-14+,22-17+,24-18+. The number of nitrogens with one attached hydrogen (secondary N) is 1. The Balaban J connectivity index is 2.47. The van der Waals surface area contributed by atoms with Crippen molar-refractivity contribution in [1.82, 2.24) is 10.2 Å². The highest BCUT2D eigenvalue weighted by Crippen LogP contribution is 2.23. The molecule has 1 fully saturated rings. The number of hydrogen-bond acceptors (Lipinski definition) is 3. The van der Waals surface area contributed by atoms with Gasteiger partial charge in [0.15, 0.2) is 0 Å². The van der Waals surface area contributed by atoms with Crippen LogP contribution in [0.25, 0.3) is 0 Å². The van der Waals surface area contributed by atoms with Crippen LogP contribution in [-0.2, 0) is 4.74 Å². The van der Waals surface area contributed by atoms with Crippen LogP contribution in [0.5, 0.6) is 0 Å². The Kier molecular flexibility index (Phi) is 13.8. The second kappa shape index (κ2) is 15.9. The van der Waals surface area contributed by atoms with E-state index in [4.69, 9.17) is 17.0 Å². The number of hydrogen-bond donors (Lipinski definition) is 1. The summed E-state index contributed by atoms with van der Waals surface area (Å²) in [5.41, 5.74) is 1.33. The lowest BCUT2D eigenvalue weighted by atomic mass is 9.94. The highest BCUT2D eigenvalue weighted by Gasteiger charge is 2.19. The first kappa shape index (κ1) is 25.1. The van der Waals surface area contributed by atoms with Crippen LogP contribution in [0.4, 0.5) is 0 Å². The first-order chi connectivity index (χ1) is 14.1. The molecule has 1 saturated carbocycles. The van der Waals surface area contributed by atoms with Gasteiger partial charge in [-0.15, -0.1) is 0 Å². The van der Waals surface area contributed by atoms with Crippen molar-refractivity contribution in [3.05, 3.63) is 72.7 Å². The molecule has 0 heterocycles. The van der Waals surface area contributed by atoms with Crippen LogP contribution in [0.1, 0.15) is 59.3 Å². The van der Waals surface area contributed by atoms with Gasteiger partial charge in [0.05, 0.1) is 0 Å². The minimum absolute atomic E-state index is 0.298. The third kappa shape index (κ3) is 11.6. The average Bonchev–Trinajstić information content (AvgIpc) is 2.74. The summed E-state index contributed by atoms with van der Waals surface area (Å²) in [6.45, 7) is 12.5. The maximum Gasteiger partial charge on any atom is 0.266 e. The fourth-order valence-corrected chi connectivity index (χ4v) is 3.53. The molecule has 0 aromatic rings. The van der Waals surface area contributed by atoms with Crippen molar-refractivity contribution in [2.45, 2.75) is 65.3 Å². The molecule has 1 aliphatic carbocycles. The zero-order chi connectivity index (χ0) is 21.3. The molecule has 160 valence electrons. The van der Waals surface area contributed by atoms with E-state index in [9.17, 15) is 0 Å². The minimum atomic E-state index is 0.298. The summed E-state index contributed by atoms with van der Waals surface area (Å²) < 4.78 is 5.64. The third-order valence-corrected chi connectivity index (χ3v) is 5.26. The summed E-state index contributed by atoms with van der Waals surface area (Å²) in [5, 5.41) is 3.23. The van der Waals surface area contributed by atoms with Gasteiger partial charge >= 0.3 is 0 Å². The van der Waals surface area contributed by atoms with E-state index >= 15 is 0 Å². The molecule has 0 radical (unpaired) electrons. The Morgan fingerprint density at radius 1 is 1.14 bits per heavy atom. The average molecular weight is 415 g/mol. The van der Waals surface area contributed by atoms with E-state index in [0.29, 0.717) is 10.9 Å². The number of ether oxygens (including phenoxy) is 1.